The van der Waals surface area contributed by atoms with Crippen molar-refractivity contribution >= 4 is 5.97 Å². The van der Waals surface area contributed by atoms with Crippen LogP contribution in [0.25, 0.3) is 0 Å². The van der Waals surface area contributed by atoms with Crippen molar-refractivity contribution in [1.82, 2.24) is 4.98 Å². The number of carbonyl (C=O) groups is 1. The lowest BCUT2D eigenvalue weighted by Gasteiger charge is -2.09. The zero-order chi connectivity index (χ0) is 10.0. The summed E-state index contributed by atoms with van der Waals surface area (Å²) < 4.78 is 4.77. The van der Waals surface area contributed by atoms with E-state index in [1.807, 2.05) is 0 Å². The van der Waals surface area contributed by atoms with Crippen LogP contribution in [0.5, 0.6) is 0 Å². The maximum Gasteiger partial charge on any atom is 0.357 e. The molecule has 0 saturated heterocycles. The van der Waals surface area contributed by atoms with Crippen LogP contribution in [0, 0.1) is 0 Å². The number of nitrogens with zero attached hydrogens (tertiary/aromatic N) is 1. The van der Waals surface area contributed by atoms with E-state index in [-0.39, 0.29) is 11.6 Å². The molecule has 0 aromatic carbocycles. The van der Waals surface area contributed by atoms with Crippen molar-refractivity contribution in [3.63, 3.8) is 0 Å². The summed E-state index contributed by atoms with van der Waals surface area (Å²) in [5.74, 6) is -1.17. The third-order valence-corrected chi connectivity index (χ3v) is 1.55. The van der Waals surface area contributed by atoms with Crippen molar-refractivity contribution < 1.29 is 19.4 Å². The fraction of sp³-hybridized carbons (Fsp3) is 0.429. The molecule has 6 heteroatoms. The first kappa shape index (κ1) is 9.69. The van der Waals surface area contributed by atoms with Crippen molar-refractivity contribution in [3.8, 4) is 0 Å². The van der Waals surface area contributed by atoms with Crippen LogP contribution in [0.2, 0.25) is 0 Å². The number of aromatic nitrogens is 1. The SMILES string of the molecule is C[C@@H](O)[C@H](N)c1nc(C(=O)O)co1. The maximum atomic E-state index is 10.4. The number of aromatic carboxylic acids is 1. The van der Waals surface area contributed by atoms with E-state index in [9.17, 15) is 4.79 Å². The van der Waals surface area contributed by atoms with E-state index in [4.69, 9.17) is 20.4 Å². The van der Waals surface area contributed by atoms with Crippen molar-refractivity contribution in [2.75, 3.05) is 0 Å². The highest BCUT2D eigenvalue weighted by Gasteiger charge is 2.19. The molecule has 0 amide bonds. The Morgan fingerprint density at radius 1 is 1.77 bits per heavy atom. The highest BCUT2D eigenvalue weighted by atomic mass is 16.4. The molecule has 1 aromatic rings. The molecule has 0 fully saturated rings. The lowest BCUT2D eigenvalue weighted by molar-refractivity contribution is 0.0690. The summed E-state index contributed by atoms with van der Waals surface area (Å²) in [6.45, 7) is 1.47. The Balaban J connectivity index is 2.85. The van der Waals surface area contributed by atoms with Gasteiger partial charge >= 0.3 is 5.97 Å². The van der Waals surface area contributed by atoms with E-state index in [0.29, 0.717) is 0 Å². The first-order valence-corrected chi connectivity index (χ1v) is 3.64. The Bertz CT molecular complexity index is 307. The normalized spacial score (nSPS) is 15.3. The molecule has 0 aliphatic rings. The van der Waals surface area contributed by atoms with Gasteiger partial charge in [0.1, 0.15) is 12.3 Å². The summed E-state index contributed by atoms with van der Waals surface area (Å²) >= 11 is 0. The molecule has 1 rings (SSSR count). The summed E-state index contributed by atoms with van der Waals surface area (Å²) in [5.41, 5.74) is 5.24. The minimum absolute atomic E-state index is 0.0207. The Morgan fingerprint density at radius 3 is 2.77 bits per heavy atom. The number of carboxylic acids is 1. The van der Waals surface area contributed by atoms with Gasteiger partial charge in [-0.3, -0.25) is 0 Å². The number of hydrogen-bond donors (Lipinski definition) is 3. The van der Waals surface area contributed by atoms with Crippen LogP contribution in [0.15, 0.2) is 10.7 Å². The van der Waals surface area contributed by atoms with E-state index in [1.165, 1.54) is 6.92 Å². The largest absolute Gasteiger partial charge is 0.476 e. The molecule has 4 N–H and O–H groups in total. The van der Waals surface area contributed by atoms with Crippen LogP contribution in [0.1, 0.15) is 29.3 Å². The molecule has 6 nitrogen and oxygen atoms in total. The minimum Gasteiger partial charge on any atom is -0.476 e. The second-order valence-electron chi connectivity index (χ2n) is 2.64. The number of carboxylic acid groups (broad SMARTS) is 1. The van der Waals surface area contributed by atoms with E-state index in [2.05, 4.69) is 4.98 Å². The summed E-state index contributed by atoms with van der Waals surface area (Å²) in [6, 6.07) is -0.798. The monoisotopic (exact) mass is 186 g/mol. The molecule has 72 valence electrons. The first-order valence-electron chi connectivity index (χ1n) is 3.64. The molecular formula is C7H10N2O4. The van der Waals surface area contributed by atoms with Crippen LogP contribution in [-0.4, -0.2) is 27.3 Å². The predicted octanol–water partition coefficient (Wildman–Crippen LogP) is -0.247. The van der Waals surface area contributed by atoms with Crippen molar-refractivity contribution in [2.45, 2.75) is 19.1 Å². The Morgan fingerprint density at radius 2 is 2.38 bits per heavy atom. The second kappa shape index (κ2) is 3.55. The highest BCUT2D eigenvalue weighted by molar-refractivity contribution is 5.84. The first-order chi connectivity index (χ1) is 6.02. The van der Waals surface area contributed by atoms with E-state index < -0.39 is 18.1 Å². The molecule has 2 atom stereocenters. The molecule has 1 aromatic heterocycles. The molecular weight excluding hydrogens is 176 g/mol. The fourth-order valence-corrected chi connectivity index (χ4v) is 0.745. The Hall–Kier alpha value is -1.40. The molecule has 0 spiro atoms. The average molecular weight is 186 g/mol. The van der Waals surface area contributed by atoms with Crippen molar-refractivity contribution in [3.05, 3.63) is 17.8 Å². The highest BCUT2D eigenvalue weighted by Crippen LogP contribution is 2.13. The number of hydrogen-bond acceptors (Lipinski definition) is 5. The average Bonchev–Trinajstić information content (AvgIpc) is 2.50. The molecule has 0 radical (unpaired) electrons. The van der Waals surface area contributed by atoms with E-state index in [0.717, 1.165) is 6.26 Å². The zero-order valence-electron chi connectivity index (χ0n) is 6.97. The lowest BCUT2D eigenvalue weighted by Crippen LogP contribution is -2.23. The molecule has 1 heterocycles. The predicted molar refractivity (Wildman–Crippen MR) is 42.1 cm³/mol. The van der Waals surface area contributed by atoms with Crippen LogP contribution in [-0.2, 0) is 0 Å². The standard InChI is InChI=1S/C7H10N2O4/c1-3(10)5(8)6-9-4(2-13-6)7(11)12/h2-3,5,10H,8H2,1H3,(H,11,12)/t3-,5+/m1/s1. The maximum absolute atomic E-state index is 10.4. The number of nitrogens with two attached hydrogens (primary N) is 1. The van der Waals surface area contributed by atoms with Gasteiger partial charge < -0.3 is 20.4 Å². The van der Waals surface area contributed by atoms with Gasteiger partial charge in [0.2, 0.25) is 5.89 Å². The number of rotatable bonds is 3. The number of aliphatic hydroxyl groups excluding tert-OH is 1. The number of oxazole rings is 1. The lowest BCUT2D eigenvalue weighted by atomic mass is 10.2. The summed E-state index contributed by atoms with van der Waals surface area (Å²) in [4.78, 5) is 14.0. The summed E-state index contributed by atoms with van der Waals surface area (Å²) in [5, 5.41) is 17.5. The molecule has 13 heavy (non-hydrogen) atoms. The summed E-state index contributed by atoms with van der Waals surface area (Å²) in [6.07, 6.45) is 0.153. The van der Waals surface area contributed by atoms with Gasteiger partial charge in [-0.2, -0.15) is 0 Å². The van der Waals surface area contributed by atoms with Crippen molar-refractivity contribution in [1.29, 1.82) is 0 Å². The van der Waals surface area contributed by atoms with Crippen LogP contribution in [0.3, 0.4) is 0 Å². The van der Waals surface area contributed by atoms with Crippen LogP contribution >= 0.6 is 0 Å². The Kier molecular flexibility index (Phi) is 2.64. The molecule has 0 saturated carbocycles. The van der Waals surface area contributed by atoms with Gasteiger partial charge in [-0.15, -0.1) is 0 Å². The molecule has 0 bridgehead atoms. The second-order valence-corrected chi connectivity index (χ2v) is 2.64. The minimum atomic E-state index is -1.19. The summed E-state index contributed by atoms with van der Waals surface area (Å²) in [7, 11) is 0. The van der Waals surface area contributed by atoms with Gasteiger partial charge in [-0.25, -0.2) is 9.78 Å². The van der Waals surface area contributed by atoms with Gasteiger partial charge in [-0.05, 0) is 6.92 Å². The van der Waals surface area contributed by atoms with Gasteiger partial charge in [-0.1, -0.05) is 0 Å². The van der Waals surface area contributed by atoms with Gasteiger partial charge in [0.25, 0.3) is 0 Å². The smallest absolute Gasteiger partial charge is 0.357 e. The third kappa shape index (κ3) is 2.04. The number of aliphatic hydroxyl groups is 1. The van der Waals surface area contributed by atoms with Crippen LogP contribution in [0.4, 0.5) is 0 Å². The van der Waals surface area contributed by atoms with Crippen LogP contribution < -0.4 is 5.73 Å². The third-order valence-electron chi connectivity index (χ3n) is 1.55. The molecule has 0 aliphatic carbocycles. The van der Waals surface area contributed by atoms with Gasteiger partial charge in [0.05, 0.1) is 6.10 Å². The van der Waals surface area contributed by atoms with Gasteiger partial charge in [0.15, 0.2) is 5.69 Å². The molecule has 0 aliphatic heterocycles. The molecule has 0 unspecified atom stereocenters. The topological polar surface area (TPSA) is 110 Å². The van der Waals surface area contributed by atoms with Gasteiger partial charge in [0, 0.05) is 0 Å². The van der Waals surface area contributed by atoms with E-state index in [1.54, 1.807) is 0 Å². The van der Waals surface area contributed by atoms with E-state index >= 15 is 0 Å². The fourth-order valence-electron chi connectivity index (χ4n) is 0.745. The zero-order valence-corrected chi connectivity index (χ0v) is 6.97. The van der Waals surface area contributed by atoms with Crippen molar-refractivity contribution in [2.24, 2.45) is 5.73 Å². The Labute approximate surface area is 74.0 Å². The quantitative estimate of drug-likeness (QED) is 0.600.